The van der Waals surface area contributed by atoms with E-state index in [4.69, 9.17) is 0 Å². The molecule has 0 bridgehead atoms. The van der Waals surface area contributed by atoms with Crippen molar-refractivity contribution in [1.29, 1.82) is 0 Å². The van der Waals surface area contributed by atoms with E-state index in [2.05, 4.69) is 12.2 Å². The van der Waals surface area contributed by atoms with Crippen LogP contribution in [0.4, 0.5) is 0 Å². The highest BCUT2D eigenvalue weighted by Gasteiger charge is 2.22. The van der Waals surface area contributed by atoms with Crippen molar-refractivity contribution in [3.8, 4) is 11.3 Å². The molecular weight excluding hydrogens is 366 g/mol. The molecule has 140 valence electrons. The number of hydrogen-bond donors (Lipinski definition) is 0. The van der Waals surface area contributed by atoms with Crippen LogP contribution in [0.15, 0.2) is 91.0 Å². The highest BCUT2D eigenvalue weighted by Crippen LogP contribution is 2.35. The fourth-order valence-corrected chi connectivity index (χ4v) is 4.66. The summed E-state index contributed by atoms with van der Waals surface area (Å²) in [6, 6.07) is 27.5. The lowest BCUT2D eigenvalue weighted by Crippen LogP contribution is -2.11. The molecule has 28 heavy (non-hydrogen) atoms. The topological polar surface area (TPSA) is 39.1 Å². The van der Waals surface area contributed by atoms with Crippen molar-refractivity contribution in [1.82, 2.24) is 3.97 Å². The maximum Gasteiger partial charge on any atom is 0.236 e. The molecule has 4 rings (SSSR count). The molecule has 0 saturated heterocycles. The van der Waals surface area contributed by atoms with E-state index >= 15 is 0 Å². The highest BCUT2D eigenvalue weighted by atomic mass is 32.2. The van der Waals surface area contributed by atoms with Crippen LogP contribution in [0.3, 0.4) is 0 Å². The van der Waals surface area contributed by atoms with E-state index in [9.17, 15) is 8.42 Å². The van der Waals surface area contributed by atoms with Crippen LogP contribution >= 0.6 is 0 Å². The summed E-state index contributed by atoms with van der Waals surface area (Å²) in [6.07, 6.45) is 6.06. The standard InChI is InChI=1S/C24H21NO2S/c1-28(26,27)25-23-18-9-8-16-21(23)22(24(25)20-14-6-3-7-15-20)17-10-13-19-11-4-2-5-12-19/h2-16,18H,17H2,1H3/b13-10+. The van der Waals surface area contributed by atoms with Crippen LogP contribution in [0, 0.1) is 0 Å². The molecule has 0 aliphatic rings. The fourth-order valence-electron chi connectivity index (χ4n) is 3.59. The molecule has 0 aliphatic carbocycles. The fraction of sp³-hybridized carbons (Fsp3) is 0.0833. The van der Waals surface area contributed by atoms with Crippen molar-refractivity contribution in [2.45, 2.75) is 6.42 Å². The Balaban J connectivity index is 1.93. The van der Waals surface area contributed by atoms with Gasteiger partial charge in [0.1, 0.15) is 0 Å². The minimum Gasteiger partial charge on any atom is -0.237 e. The molecule has 0 radical (unpaired) electrons. The molecule has 4 heteroatoms. The Morgan fingerprint density at radius 1 is 0.821 bits per heavy atom. The molecular formula is C24H21NO2S. The van der Waals surface area contributed by atoms with E-state index in [0.717, 1.165) is 27.8 Å². The first-order valence-corrected chi connectivity index (χ1v) is 11.0. The summed E-state index contributed by atoms with van der Waals surface area (Å²) in [5.74, 6) is 0. The molecule has 0 atom stereocenters. The number of nitrogens with zero attached hydrogens (tertiary/aromatic N) is 1. The van der Waals surface area contributed by atoms with Gasteiger partial charge in [-0.1, -0.05) is 91.0 Å². The zero-order chi connectivity index (χ0) is 19.6. The minimum atomic E-state index is -3.47. The van der Waals surface area contributed by atoms with Gasteiger partial charge in [-0.05, 0) is 29.2 Å². The van der Waals surface area contributed by atoms with Gasteiger partial charge in [-0.15, -0.1) is 0 Å². The van der Waals surface area contributed by atoms with Crippen molar-refractivity contribution >= 4 is 27.0 Å². The van der Waals surface area contributed by atoms with Gasteiger partial charge in [0.05, 0.1) is 17.5 Å². The van der Waals surface area contributed by atoms with Gasteiger partial charge in [0, 0.05) is 5.39 Å². The van der Waals surface area contributed by atoms with E-state index in [1.807, 2.05) is 84.9 Å². The van der Waals surface area contributed by atoms with Crippen LogP contribution in [0.2, 0.25) is 0 Å². The molecule has 1 heterocycles. The minimum absolute atomic E-state index is 0.641. The second kappa shape index (κ2) is 7.49. The number of aromatic nitrogens is 1. The van der Waals surface area contributed by atoms with Crippen LogP contribution in [0.1, 0.15) is 11.1 Å². The van der Waals surface area contributed by atoms with E-state index in [1.54, 1.807) is 0 Å². The molecule has 0 aliphatic heterocycles. The number of fused-ring (bicyclic) bond motifs is 1. The Morgan fingerprint density at radius 2 is 1.43 bits per heavy atom. The van der Waals surface area contributed by atoms with Gasteiger partial charge in [0.25, 0.3) is 0 Å². The first kappa shape index (κ1) is 18.3. The normalized spacial score (nSPS) is 12.0. The Hall–Kier alpha value is -3.11. The lowest BCUT2D eigenvalue weighted by molar-refractivity contribution is 0.595. The van der Waals surface area contributed by atoms with Crippen molar-refractivity contribution in [2.24, 2.45) is 0 Å². The zero-order valence-electron chi connectivity index (χ0n) is 15.6. The maximum absolute atomic E-state index is 12.7. The molecule has 3 nitrogen and oxygen atoms in total. The SMILES string of the molecule is CS(=O)(=O)n1c(-c2ccccc2)c(C/C=C/c2ccccc2)c2ccccc21. The zero-order valence-corrected chi connectivity index (χ0v) is 16.4. The van der Waals surface area contributed by atoms with Crippen molar-refractivity contribution in [3.63, 3.8) is 0 Å². The first-order valence-electron chi connectivity index (χ1n) is 9.15. The number of hydrogen-bond acceptors (Lipinski definition) is 2. The number of allylic oxidation sites excluding steroid dienone is 1. The Labute approximate surface area is 165 Å². The molecule has 0 fully saturated rings. The largest absolute Gasteiger partial charge is 0.237 e. The van der Waals surface area contributed by atoms with E-state index < -0.39 is 10.0 Å². The molecule has 3 aromatic carbocycles. The van der Waals surface area contributed by atoms with E-state index in [1.165, 1.54) is 10.2 Å². The second-order valence-corrected chi connectivity index (χ2v) is 8.59. The van der Waals surface area contributed by atoms with Crippen LogP contribution in [-0.4, -0.2) is 18.6 Å². The third kappa shape index (κ3) is 3.51. The Morgan fingerprint density at radius 3 is 2.11 bits per heavy atom. The quantitative estimate of drug-likeness (QED) is 0.462. The van der Waals surface area contributed by atoms with Gasteiger partial charge in [-0.25, -0.2) is 12.4 Å². The lowest BCUT2D eigenvalue weighted by atomic mass is 10.0. The van der Waals surface area contributed by atoms with Crippen LogP contribution in [0.5, 0.6) is 0 Å². The predicted octanol–water partition coefficient (Wildman–Crippen LogP) is 5.37. The van der Waals surface area contributed by atoms with Gasteiger partial charge in [-0.2, -0.15) is 0 Å². The molecule has 0 spiro atoms. The molecule has 1 aromatic heterocycles. The molecule has 0 unspecified atom stereocenters. The van der Waals surface area contributed by atoms with E-state index in [0.29, 0.717) is 11.9 Å². The van der Waals surface area contributed by atoms with Gasteiger partial charge < -0.3 is 0 Å². The molecule has 0 amide bonds. The Bertz CT molecular complexity index is 1240. The summed E-state index contributed by atoms with van der Waals surface area (Å²) in [5, 5.41) is 0.962. The summed E-state index contributed by atoms with van der Waals surface area (Å²) in [6.45, 7) is 0. The highest BCUT2D eigenvalue weighted by molar-refractivity contribution is 7.89. The predicted molar refractivity (Wildman–Crippen MR) is 117 cm³/mol. The van der Waals surface area contributed by atoms with Crippen LogP contribution in [0.25, 0.3) is 28.2 Å². The van der Waals surface area contributed by atoms with Gasteiger partial charge in [0.2, 0.25) is 10.0 Å². The molecule has 0 saturated carbocycles. The maximum atomic E-state index is 12.7. The summed E-state index contributed by atoms with van der Waals surface area (Å²) in [5.41, 5.74) is 4.48. The smallest absolute Gasteiger partial charge is 0.236 e. The van der Waals surface area contributed by atoms with Gasteiger partial charge >= 0.3 is 0 Å². The average molecular weight is 388 g/mol. The van der Waals surface area contributed by atoms with Gasteiger partial charge in [-0.3, -0.25) is 0 Å². The summed E-state index contributed by atoms with van der Waals surface area (Å²) >= 11 is 0. The monoisotopic (exact) mass is 387 g/mol. The van der Waals surface area contributed by atoms with Crippen LogP contribution in [-0.2, 0) is 16.4 Å². The third-order valence-electron chi connectivity index (χ3n) is 4.75. The van der Waals surface area contributed by atoms with Crippen molar-refractivity contribution < 1.29 is 8.42 Å². The molecule has 0 N–H and O–H groups in total. The summed E-state index contributed by atoms with van der Waals surface area (Å²) in [7, 11) is -3.47. The van der Waals surface area contributed by atoms with Gasteiger partial charge in [0.15, 0.2) is 0 Å². The third-order valence-corrected chi connectivity index (χ3v) is 5.79. The summed E-state index contributed by atoms with van der Waals surface area (Å²) < 4.78 is 26.9. The molecule has 4 aromatic rings. The number of para-hydroxylation sites is 1. The van der Waals surface area contributed by atoms with Crippen LogP contribution < -0.4 is 0 Å². The van der Waals surface area contributed by atoms with E-state index in [-0.39, 0.29) is 0 Å². The number of benzene rings is 3. The lowest BCUT2D eigenvalue weighted by Gasteiger charge is -2.10. The number of rotatable bonds is 5. The average Bonchev–Trinajstić information content (AvgIpc) is 3.04. The van der Waals surface area contributed by atoms with Crippen molar-refractivity contribution in [2.75, 3.05) is 6.26 Å². The second-order valence-electron chi connectivity index (χ2n) is 6.75. The summed E-state index contributed by atoms with van der Waals surface area (Å²) in [4.78, 5) is 0. The van der Waals surface area contributed by atoms with Crippen molar-refractivity contribution in [3.05, 3.63) is 102 Å². The first-order chi connectivity index (χ1) is 13.6. The Kier molecular flexibility index (Phi) is 4.88.